The highest BCUT2D eigenvalue weighted by Gasteiger charge is 2.39. The fourth-order valence-electron chi connectivity index (χ4n) is 3.25. The largest absolute Gasteiger partial charge is 0.381 e. The highest BCUT2D eigenvalue weighted by molar-refractivity contribution is 7.99. The quantitative estimate of drug-likeness (QED) is 0.428. The molecule has 1 unspecified atom stereocenters. The Labute approximate surface area is 157 Å². The number of unbranched alkanes of at least 4 members (excludes halogenated alkanes) is 1. The van der Waals surface area contributed by atoms with Crippen molar-refractivity contribution in [1.82, 2.24) is 10.2 Å². The van der Waals surface area contributed by atoms with Gasteiger partial charge >= 0.3 is 0 Å². The maximum Gasteiger partial charge on any atom is 0.255 e. The standard InChI is InChI=1S/C19H24N2O4S/c1-2-3-9-25-10-11-26-16-6-4-5-13-14(16)12-21(19(13)24)15-7-8-17(22)20-18(15)23/h4-6,15H,2-3,7-12H2,1H3,(H,20,22,23). The first kappa shape index (κ1) is 18.9. The van der Waals surface area contributed by atoms with Gasteiger partial charge in [-0.25, -0.2) is 0 Å². The van der Waals surface area contributed by atoms with Gasteiger partial charge in [0.15, 0.2) is 0 Å². The molecule has 2 heterocycles. The first-order chi connectivity index (χ1) is 12.6. The van der Waals surface area contributed by atoms with Crippen LogP contribution in [0.15, 0.2) is 23.1 Å². The summed E-state index contributed by atoms with van der Waals surface area (Å²) in [4.78, 5) is 38.9. The fraction of sp³-hybridized carbons (Fsp3) is 0.526. The Kier molecular flexibility index (Phi) is 6.32. The SMILES string of the molecule is CCCCOCCSc1cccc2c1CN(C1CCC(=O)NC1=O)C2=O. The monoisotopic (exact) mass is 376 g/mol. The van der Waals surface area contributed by atoms with Gasteiger partial charge in [-0.15, -0.1) is 11.8 Å². The summed E-state index contributed by atoms with van der Waals surface area (Å²) < 4.78 is 5.59. The Balaban J connectivity index is 1.64. The van der Waals surface area contributed by atoms with Crippen molar-refractivity contribution >= 4 is 29.5 Å². The van der Waals surface area contributed by atoms with E-state index in [1.807, 2.05) is 18.2 Å². The number of piperidine rings is 1. The number of imide groups is 1. The highest BCUT2D eigenvalue weighted by Crippen LogP contribution is 2.34. The Bertz CT molecular complexity index is 707. The summed E-state index contributed by atoms with van der Waals surface area (Å²) in [5, 5.41) is 2.33. The molecule has 0 spiro atoms. The van der Waals surface area contributed by atoms with Crippen LogP contribution in [0.5, 0.6) is 0 Å². The van der Waals surface area contributed by atoms with Crippen LogP contribution in [0.3, 0.4) is 0 Å². The summed E-state index contributed by atoms with van der Waals surface area (Å²) >= 11 is 1.68. The average molecular weight is 376 g/mol. The van der Waals surface area contributed by atoms with E-state index in [9.17, 15) is 14.4 Å². The van der Waals surface area contributed by atoms with Crippen LogP contribution in [-0.2, 0) is 20.9 Å². The second-order valence-corrected chi connectivity index (χ2v) is 7.63. The topological polar surface area (TPSA) is 75.7 Å². The third-order valence-corrected chi connectivity index (χ3v) is 5.73. The lowest BCUT2D eigenvalue weighted by atomic mass is 10.0. The first-order valence-corrected chi connectivity index (χ1v) is 10.1. The van der Waals surface area contributed by atoms with E-state index < -0.39 is 6.04 Å². The van der Waals surface area contributed by atoms with Crippen LogP contribution >= 0.6 is 11.8 Å². The molecule has 0 radical (unpaired) electrons. The zero-order valence-electron chi connectivity index (χ0n) is 15.0. The van der Waals surface area contributed by atoms with Crippen molar-refractivity contribution in [3.63, 3.8) is 0 Å². The minimum atomic E-state index is -0.567. The molecule has 3 amide bonds. The van der Waals surface area contributed by atoms with Crippen molar-refractivity contribution in [3.05, 3.63) is 29.3 Å². The van der Waals surface area contributed by atoms with E-state index in [1.165, 1.54) is 0 Å². The molecule has 2 aliphatic rings. The molecule has 1 aromatic rings. The van der Waals surface area contributed by atoms with Gasteiger partial charge in [-0.2, -0.15) is 0 Å². The molecule has 3 rings (SSSR count). The second kappa shape index (κ2) is 8.68. The molecule has 7 heteroatoms. The number of carbonyl (C=O) groups excluding carboxylic acids is 3. The van der Waals surface area contributed by atoms with E-state index in [4.69, 9.17) is 4.74 Å². The molecular formula is C19H24N2O4S. The summed E-state index contributed by atoms with van der Waals surface area (Å²) in [5.41, 5.74) is 1.63. The lowest BCUT2D eigenvalue weighted by Crippen LogP contribution is -2.52. The number of benzene rings is 1. The van der Waals surface area contributed by atoms with Gasteiger partial charge in [0.2, 0.25) is 11.8 Å². The Morgan fingerprint density at radius 1 is 1.27 bits per heavy atom. The predicted molar refractivity (Wildman–Crippen MR) is 98.9 cm³/mol. The van der Waals surface area contributed by atoms with Crippen molar-refractivity contribution in [1.29, 1.82) is 0 Å². The number of nitrogens with zero attached hydrogens (tertiary/aromatic N) is 1. The third-order valence-electron chi connectivity index (χ3n) is 4.67. The van der Waals surface area contributed by atoms with Gasteiger partial charge < -0.3 is 9.64 Å². The van der Waals surface area contributed by atoms with E-state index in [0.29, 0.717) is 25.1 Å². The smallest absolute Gasteiger partial charge is 0.255 e. The van der Waals surface area contributed by atoms with Gasteiger partial charge in [-0.1, -0.05) is 19.4 Å². The van der Waals surface area contributed by atoms with E-state index in [2.05, 4.69) is 12.2 Å². The number of ether oxygens (including phenoxy) is 1. The number of rotatable bonds is 8. The molecule has 1 saturated heterocycles. The molecule has 1 N–H and O–H groups in total. The van der Waals surface area contributed by atoms with Gasteiger partial charge in [0.25, 0.3) is 5.91 Å². The molecular weight excluding hydrogens is 352 g/mol. The maximum absolute atomic E-state index is 12.8. The summed E-state index contributed by atoms with van der Waals surface area (Å²) in [7, 11) is 0. The molecule has 0 saturated carbocycles. The van der Waals surface area contributed by atoms with E-state index in [1.54, 1.807) is 16.7 Å². The molecule has 0 aliphatic carbocycles. The van der Waals surface area contributed by atoms with Crippen molar-refractivity contribution in [3.8, 4) is 0 Å². The Morgan fingerprint density at radius 2 is 2.12 bits per heavy atom. The number of amides is 3. The normalized spacial score (nSPS) is 19.7. The molecule has 1 aromatic carbocycles. The molecule has 0 bridgehead atoms. The van der Waals surface area contributed by atoms with E-state index in [0.717, 1.165) is 35.7 Å². The van der Waals surface area contributed by atoms with Crippen LogP contribution < -0.4 is 5.32 Å². The molecule has 6 nitrogen and oxygen atoms in total. The molecule has 2 aliphatic heterocycles. The molecule has 1 fully saturated rings. The van der Waals surface area contributed by atoms with Crippen molar-refractivity contribution in [2.75, 3.05) is 19.0 Å². The summed E-state index contributed by atoms with van der Waals surface area (Å²) in [5.74, 6) is 0.0547. The summed E-state index contributed by atoms with van der Waals surface area (Å²) in [6.45, 7) is 4.02. The van der Waals surface area contributed by atoms with Crippen LogP contribution in [0.25, 0.3) is 0 Å². The van der Waals surface area contributed by atoms with Gasteiger partial charge in [0.05, 0.1) is 6.61 Å². The molecule has 0 aromatic heterocycles. The summed E-state index contributed by atoms with van der Waals surface area (Å²) in [6, 6.07) is 5.13. The maximum atomic E-state index is 12.8. The van der Waals surface area contributed by atoms with Crippen LogP contribution in [0, 0.1) is 0 Å². The van der Waals surface area contributed by atoms with Crippen molar-refractivity contribution in [2.45, 2.75) is 50.1 Å². The van der Waals surface area contributed by atoms with Crippen LogP contribution in [0.2, 0.25) is 0 Å². The number of carbonyl (C=O) groups is 3. The molecule has 1 atom stereocenters. The van der Waals surface area contributed by atoms with Crippen LogP contribution in [0.1, 0.15) is 48.5 Å². The third kappa shape index (κ3) is 4.10. The van der Waals surface area contributed by atoms with Crippen LogP contribution in [0.4, 0.5) is 0 Å². The van der Waals surface area contributed by atoms with Gasteiger partial charge in [-0.3, -0.25) is 19.7 Å². The average Bonchev–Trinajstić information content (AvgIpc) is 2.96. The molecule has 26 heavy (non-hydrogen) atoms. The Morgan fingerprint density at radius 3 is 2.88 bits per heavy atom. The lowest BCUT2D eigenvalue weighted by Gasteiger charge is -2.29. The predicted octanol–water partition coefficient (Wildman–Crippen LogP) is 2.36. The number of thioether (sulfide) groups is 1. The zero-order valence-corrected chi connectivity index (χ0v) is 15.8. The minimum absolute atomic E-state index is 0.129. The number of nitrogens with one attached hydrogen (secondary N) is 1. The van der Waals surface area contributed by atoms with Crippen molar-refractivity contribution in [2.24, 2.45) is 0 Å². The van der Waals surface area contributed by atoms with Crippen molar-refractivity contribution < 1.29 is 19.1 Å². The van der Waals surface area contributed by atoms with Crippen LogP contribution in [-0.4, -0.2) is 47.6 Å². The fourth-order valence-corrected chi connectivity index (χ4v) is 4.20. The van der Waals surface area contributed by atoms with E-state index in [-0.39, 0.29) is 24.1 Å². The zero-order chi connectivity index (χ0) is 18.5. The first-order valence-electron chi connectivity index (χ1n) is 9.09. The number of hydrogen-bond acceptors (Lipinski definition) is 5. The van der Waals surface area contributed by atoms with E-state index >= 15 is 0 Å². The highest BCUT2D eigenvalue weighted by atomic mass is 32.2. The number of fused-ring (bicyclic) bond motifs is 1. The minimum Gasteiger partial charge on any atom is -0.381 e. The lowest BCUT2D eigenvalue weighted by molar-refractivity contribution is -0.136. The second-order valence-electron chi connectivity index (χ2n) is 6.50. The Hall–Kier alpha value is -1.86. The van der Waals surface area contributed by atoms with Gasteiger partial charge in [0, 0.05) is 35.8 Å². The summed E-state index contributed by atoms with van der Waals surface area (Å²) in [6.07, 6.45) is 2.85. The van der Waals surface area contributed by atoms with Gasteiger partial charge in [-0.05, 0) is 30.5 Å². The van der Waals surface area contributed by atoms with Gasteiger partial charge in [0.1, 0.15) is 6.04 Å². The molecule has 140 valence electrons. The number of hydrogen-bond donors (Lipinski definition) is 1.